The van der Waals surface area contributed by atoms with Crippen molar-refractivity contribution in [3.8, 4) is 0 Å². The number of alkyl halides is 1. The number of nitrogens with zero attached hydrogens (tertiary/aromatic N) is 2. The summed E-state index contributed by atoms with van der Waals surface area (Å²) < 4.78 is 12.6. The van der Waals surface area contributed by atoms with Gasteiger partial charge in [-0.25, -0.2) is 14.4 Å². The number of rotatable bonds is 6. The minimum atomic E-state index is -0.433. The summed E-state index contributed by atoms with van der Waals surface area (Å²) >= 11 is 0. The van der Waals surface area contributed by atoms with Crippen LogP contribution in [0.2, 0.25) is 0 Å². The highest BCUT2D eigenvalue weighted by Crippen LogP contribution is 2.21. The van der Waals surface area contributed by atoms with Gasteiger partial charge in [-0.15, -0.1) is 0 Å². The Hall–Kier alpha value is -3.21. The molecular weight excluding hydrogens is 339 g/mol. The first-order valence-electron chi connectivity index (χ1n) is 9.00. The zero-order chi connectivity index (χ0) is 18.6. The van der Waals surface area contributed by atoms with E-state index in [9.17, 15) is 4.39 Å². The number of halogens is 1. The minimum absolute atomic E-state index is 0.0942. The van der Waals surface area contributed by atoms with Crippen molar-refractivity contribution in [2.45, 2.75) is 26.1 Å². The smallest absolute Gasteiger partial charge is 0.137 e. The van der Waals surface area contributed by atoms with Crippen molar-refractivity contribution >= 4 is 16.9 Å². The van der Waals surface area contributed by atoms with Crippen LogP contribution in [0.15, 0.2) is 67.1 Å². The molecule has 2 N–H and O–H groups in total. The molecule has 4 aromatic rings. The van der Waals surface area contributed by atoms with E-state index in [0.29, 0.717) is 5.56 Å². The Bertz CT molecular complexity index is 1020. The number of benzene rings is 1. The third kappa shape index (κ3) is 3.82. The molecule has 1 atom stereocenters. The van der Waals surface area contributed by atoms with Crippen molar-refractivity contribution in [3.63, 3.8) is 0 Å². The highest BCUT2D eigenvalue weighted by molar-refractivity contribution is 5.79. The fourth-order valence-electron chi connectivity index (χ4n) is 3.19. The summed E-state index contributed by atoms with van der Waals surface area (Å²) in [5, 5.41) is 4.53. The van der Waals surface area contributed by atoms with Gasteiger partial charge in [-0.2, -0.15) is 0 Å². The maximum absolute atomic E-state index is 12.6. The van der Waals surface area contributed by atoms with Crippen LogP contribution in [0.5, 0.6) is 0 Å². The maximum Gasteiger partial charge on any atom is 0.137 e. The number of pyridine rings is 2. The lowest BCUT2D eigenvalue weighted by Crippen LogP contribution is -2.08. The first-order valence-corrected chi connectivity index (χ1v) is 9.00. The number of aromatic nitrogens is 3. The molecule has 0 radical (unpaired) electrons. The van der Waals surface area contributed by atoms with Gasteiger partial charge in [0.2, 0.25) is 0 Å². The summed E-state index contributed by atoms with van der Waals surface area (Å²) in [5.41, 5.74) is 5.06. The Morgan fingerprint density at radius 1 is 1.04 bits per heavy atom. The first kappa shape index (κ1) is 17.2. The highest BCUT2D eigenvalue weighted by Gasteiger charge is 2.08. The van der Waals surface area contributed by atoms with Gasteiger partial charge in [0.1, 0.15) is 18.1 Å². The summed E-state index contributed by atoms with van der Waals surface area (Å²) in [6, 6.07) is 15.7. The summed E-state index contributed by atoms with van der Waals surface area (Å²) in [5.74, 6) is 0.821. The fourth-order valence-corrected chi connectivity index (χ4v) is 3.19. The molecule has 0 bridgehead atoms. The zero-order valence-electron chi connectivity index (χ0n) is 15.1. The zero-order valence-corrected chi connectivity index (χ0v) is 15.1. The fraction of sp³-hybridized carbons (Fsp3) is 0.182. The van der Waals surface area contributed by atoms with Crippen LogP contribution in [0, 0.1) is 0 Å². The van der Waals surface area contributed by atoms with Crippen molar-refractivity contribution in [1.29, 1.82) is 0 Å². The number of hydrogen-bond acceptors (Lipinski definition) is 3. The van der Waals surface area contributed by atoms with Gasteiger partial charge >= 0.3 is 0 Å². The van der Waals surface area contributed by atoms with Crippen molar-refractivity contribution in [1.82, 2.24) is 15.0 Å². The van der Waals surface area contributed by atoms with E-state index in [0.717, 1.165) is 34.4 Å². The summed E-state index contributed by atoms with van der Waals surface area (Å²) in [7, 11) is 0. The van der Waals surface area contributed by atoms with Gasteiger partial charge < -0.3 is 10.3 Å². The average molecular weight is 360 g/mol. The Labute approximate surface area is 157 Å². The van der Waals surface area contributed by atoms with E-state index in [2.05, 4.69) is 39.3 Å². The molecule has 5 heteroatoms. The van der Waals surface area contributed by atoms with E-state index < -0.39 is 6.67 Å². The molecule has 0 amide bonds. The molecule has 0 aliphatic carbocycles. The van der Waals surface area contributed by atoms with Crippen molar-refractivity contribution in [2.75, 3.05) is 5.32 Å². The molecule has 136 valence electrons. The second-order valence-corrected chi connectivity index (χ2v) is 6.68. The van der Waals surface area contributed by atoms with Gasteiger partial charge in [0.15, 0.2) is 0 Å². The predicted molar refractivity (Wildman–Crippen MR) is 106 cm³/mol. The van der Waals surface area contributed by atoms with Crippen LogP contribution in [-0.4, -0.2) is 15.0 Å². The molecule has 4 nitrogen and oxygen atoms in total. The molecule has 0 aliphatic heterocycles. The Kier molecular flexibility index (Phi) is 4.83. The van der Waals surface area contributed by atoms with Crippen molar-refractivity contribution < 1.29 is 4.39 Å². The van der Waals surface area contributed by atoms with Gasteiger partial charge in [-0.05, 0) is 47.4 Å². The SMILES string of the molecule is CC(Nc1ccc(Cc2c[nH]c3ncccc23)cn1)c1ccc(CF)cc1. The molecule has 3 heterocycles. The molecule has 0 spiro atoms. The molecule has 0 fully saturated rings. The second-order valence-electron chi connectivity index (χ2n) is 6.68. The monoisotopic (exact) mass is 360 g/mol. The van der Waals surface area contributed by atoms with E-state index in [-0.39, 0.29) is 6.04 Å². The third-order valence-electron chi connectivity index (χ3n) is 4.75. The quantitative estimate of drug-likeness (QED) is 0.497. The van der Waals surface area contributed by atoms with Gasteiger partial charge in [-0.3, -0.25) is 0 Å². The van der Waals surface area contributed by atoms with E-state index in [4.69, 9.17) is 0 Å². The standard InChI is InChI=1S/C22H21FN4/c1-15(18-7-4-16(12-23)5-8-18)27-21-9-6-17(13-25-21)11-19-14-26-22-20(19)3-2-10-24-22/h2-10,13-15H,11-12H2,1H3,(H,24,26)(H,25,27). The van der Waals surface area contributed by atoms with Crippen molar-refractivity contribution in [3.05, 3.63) is 89.4 Å². The number of H-pyrrole nitrogens is 1. The van der Waals surface area contributed by atoms with Gasteiger partial charge in [-0.1, -0.05) is 30.3 Å². The Morgan fingerprint density at radius 3 is 2.59 bits per heavy atom. The average Bonchev–Trinajstić information content (AvgIpc) is 3.12. The van der Waals surface area contributed by atoms with Crippen LogP contribution in [0.1, 0.15) is 35.2 Å². The molecule has 3 aromatic heterocycles. The predicted octanol–water partition coefficient (Wildman–Crippen LogP) is 5.19. The number of hydrogen-bond donors (Lipinski definition) is 2. The topological polar surface area (TPSA) is 53.6 Å². The maximum atomic E-state index is 12.6. The normalized spacial score (nSPS) is 12.2. The molecule has 0 saturated heterocycles. The lowest BCUT2D eigenvalue weighted by molar-refractivity contribution is 0.485. The largest absolute Gasteiger partial charge is 0.364 e. The molecule has 1 unspecified atom stereocenters. The van der Waals surface area contributed by atoms with E-state index in [1.165, 1.54) is 5.56 Å². The highest BCUT2D eigenvalue weighted by atomic mass is 19.1. The lowest BCUT2D eigenvalue weighted by Gasteiger charge is -2.15. The lowest BCUT2D eigenvalue weighted by atomic mass is 10.1. The van der Waals surface area contributed by atoms with Crippen LogP contribution in [0.25, 0.3) is 11.0 Å². The van der Waals surface area contributed by atoms with E-state index in [1.54, 1.807) is 6.20 Å². The number of nitrogens with one attached hydrogen (secondary N) is 2. The number of anilines is 1. The van der Waals surface area contributed by atoms with Crippen LogP contribution < -0.4 is 5.32 Å². The van der Waals surface area contributed by atoms with Crippen LogP contribution in [-0.2, 0) is 13.1 Å². The summed E-state index contributed by atoms with van der Waals surface area (Å²) in [6.45, 7) is 1.64. The van der Waals surface area contributed by atoms with Crippen LogP contribution in [0.3, 0.4) is 0 Å². The van der Waals surface area contributed by atoms with Crippen LogP contribution >= 0.6 is 0 Å². The first-order chi connectivity index (χ1) is 13.2. The number of aromatic amines is 1. The van der Waals surface area contributed by atoms with Gasteiger partial charge in [0.25, 0.3) is 0 Å². The van der Waals surface area contributed by atoms with E-state index in [1.807, 2.05) is 48.8 Å². The molecule has 1 aromatic carbocycles. The van der Waals surface area contributed by atoms with Gasteiger partial charge in [0.05, 0.1) is 0 Å². The Morgan fingerprint density at radius 2 is 1.85 bits per heavy atom. The van der Waals surface area contributed by atoms with Gasteiger partial charge in [0, 0.05) is 36.4 Å². The second kappa shape index (κ2) is 7.58. The molecule has 0 aliphatic rings. The molecular formula is C22H21FN4. The molecule has 4 rings (SSSR count). The molecule has 27 heavy (non-hydrogen) atoms. The molecule has 0 saturated carbocycles. The Balaban J connectivity index is 1.43. The summed E-state index contributed by atoms with van der Waals surface area (Å²) in [4.78, 5) is 12.1. The summed E-state index contributed by atoms with van der Waals surface area (Å²) in [6.07, 6.45) is 6.50. The third-order valence-corrected chi connectivity index (χ3v) is 4.75. The van der Waals surface area contributed by atoms with E-state index >= 15 is 0 Å². The van der Waals surface area contributed by atoms with Crippen LogP contribution in [0.4, 0.5) is 10.2 Å². The number of fused-ring (bicyclic) bond motifs is 1. The minimum Gasteiger partial charge on any atom is -0.364 e. The van der Waals surface area contributed by atoms with Crippen molar-refractivity contribution in [2.24, 2.45) is 0 Å².